The van der Waals surface area contributed by atoms with Crippen molar-refractivity contribution in [1.82, 2.24) is 4.57 Å². The summed E-state index contributed by atoms with van der Waals surface area (Å²) < 4.78 is 1.78. The molecule has 0 saturated carbocycles. The van der Waals surface area contributed by atoms with E-state index >= 15 is 0 Å². The van der Waals surface area contributed by atoms with Crippen LogP contribution >= 0.6 is 11.6 Å². The molecule has 0 aliphatic rings. The van der Waals surface area contributed by atoms with Crippen molar-refractivity contribution in [1.29, 1.82) is 0 Å². The Kier molecular flexibility index (Phi) is 2.67. The first kappa shape index (κ1) is 11.7. The van der Waals surface area contributed by atoms with E-state index in [1.165, 1.54) is 0 Å². The molecule has 5 heteroatoms. The molecule has 0 atom stereocenters. The van der Waals surface area contributed by atoms with Gasteiger partial charge >= 0.3 is 5.97 Å². The second-order valence-corrected chi connectivity index (χ2v) is 4.25. The van der Waals surface area contributed by atoms with Crippen LogP contribution in [0.3, 0.4) is 0 Å². The Bertz CT molecular complexity index is 643. The number of carbonyl (C=O) groups excluding carboxylic acids is 1. The number of halogens is 1. The van der Waals surface area contributed by atoms with Crippen LogP contribution in [0.25, 0.3) is 10.9 Å². The maximum absolute atomic E-state index is 11.6. The predicted molar refractivity (Wildman–Crippen MR) is 64.6 cm³/mol. The number of benzene rings is 1. The van der Waals surface area contributed by atoms with Gasteiger partial charge in [0.25, 0.3) is 5.78 Å². The smallest absolute Gasteiger partial charge is 0.377 e. The second-order valence-electron chi connectivity index (χ2n) is 3.82. The van der Waals surface area contributed by atoms with E-state index in [4.69, 9.17) is 16.7 Å². The van der Waals surface area contributed by atoms with E-state index in [0.29, 0.717) is 16.1 Å². The summed E-state index contributed by atoms with van der Waals surface area (Å²) in [5, 5.41) is 9.85. The number of carbonyl (C=O) groups is 2. The van der Waals surface area contributed by atoms with Crippen LogP contribution in [0.5, 0.6) is 0 Å². The van der Waals surface area contributed by atoms with Crippen molar-refractivity contribution in [2.75, 3.05) is 0 Å². The fourth-order valence-corrected chi connectivity index (χ4v) is 2.11. The summed E-state index contributed by atoms with van der Waals surface area (Å²) in [5.74, 6) is -2.36. The highest BCUT2D eigenvalue weighted by Crippen LogP contribution is 2.28. The molecule has 1 N–H and O–H groups in total. The van der Waals surface area contributed by atoms with E-state index in [0.717, 1.165) is 5.52 Å². The second kappa shape index (κ2) is 3.89. The van der Waals surface area contributed by atoms with Gasteiger partial charge in [-0.15, -0.1) is 0 Å². The van der Waals surface area contributed by atoms with Crippen molar-refractivity contribution < 1.29 is 14.7 Å². The molecule has 4 nitrogen and oxygen atoms in total. The van der Waals surface area contributed by atoms with E-state index in [-0.39, 0.29) is 5.56 Å². The lowest BCUT2D eigenvalue weighted by molar-refractivity contribution is -0.131. The first-order chi connectivity index (χ1) is 7.93. The Balaban J connectivity index is 2.86. The fourth-order valence-electron chi connectivity index (χ4n) is 1.94. The molecule has 0 radical (unpaired) electrons. The van der Waals surface area contributed by atoms with Crippen LogP contribution in [0.1, 0.15) is 16.1 Å². The van der Waals surface area contributed by atoms with Gasteiger partial charge in [-0.2, -0.15) is 0 Å². The van der Waals surface area contributed by atoms with Gasteiger partial charge in [0, 0.05) is 28.7 Å². The summed E-state index contributed by atoms with van der Waals surface area (Å²) in [6.07, 6.45) is 0. The molecule has 1 aromatic carbocycles. The number of Topliss-reactive ketones (excluding diaryl/α,β-unsaturated/α-hetero) is 1. The molecule has 0 spiro atoms. The number of nitrogens with zero attached hydrogens (tertiary/aromatic N) is 1. The summed E-state index contributed by atoms with van der Waals surface area (Å²) in [6, 6.07) is 5.09. The van der Waals surface area contributed by atoms with Gasteiger partial charge in [0.05, 0.1) is 5.56 Å². The highest BCUT2D eigenvalue weighted by atomic mass is 35.5. The number of hydrogen-bond acceptors (Lipinski definition) is 2. The van der Waals surface area contributed by atoms with Crippen LogP contribution in [-0.4, -0.2) is 21.4 Å². The van der Waals surface area contributed by atoms with E-state index in [1.807, 2.05) is 0 Å². The summed E-state index contributed by atoms with van der Waals surface area (Å²) in [4.78, 5) is 22.4. The number of rotatable bonds is 2. The van der Waals surface area contributed by atoms with Crippen molar-refractivity contribution in [3.8, 4) is 0 Å². The highest BCUT2D eigenvalue weighted by molar-refractivity contribution is 6.43. The standard InChI is InChI=1S/C12H10ClNO3/c1-6-10(11(15)12(16)17)8-5-7(13)3-4-9(8)14(6)2/h3-5H,1-2H3,(H,16,17). The predicted octanol–water partition coefficient (Wildman–Crippen LogP) is 2.41. The third-order valence-corrected chi connectivity index (χ3v) is 3.11. The first-order valence-electron chi connectivity index (χ1n) is 4.95. The number of carboxylic acids is 1. The zero-order chi connectivity index (χ0) is 12.7. The Hall–Kier alpha value is -1.81. The monoisotopic (exact) mass is 251 g/mol. The Morgan fingerprint density at radius 1 is 1.35 bits per heavy atom. The number of aromatic nitrogens is 1. The lowest BCUT2D eigenvalue weighted by Crippen LogP contribution is -2.13. The van der Waals surface area contributed by atoms with Crippen molar-refractivity contribution in [2.24, 2.45) is 7.05 Å². The number of aryl methyl sites for hydroxylation is 1. The molecule has 0 bridgehead atoms. The van der Waals surface area contributed by atoms with E-state index in [1.54, 1.807) is 36.7 Å². The minimum Gasteiger partial charge on any atom is -0.475 e. The fraction of sp³-hybridized carbons (Fsp3) is 0.167. The van der Waals surface area contributed by atoms with Crippen LogP contribution in [0, 0.1) is 6.92 Å². The third-order valence-electron chi connectivity index (χ3n) is 2.88. The maximum Gasteiger partial charge on any atom is 0.377 e. The van der Waals surface area contributed by atoms with Gasteiger partial charge in [-0.25, -0.2) is 4.79 Å². The summed E-state index contributed by atoms with van der Waals surface area (Å²) in [6.45, 7) is 1.71. The van der Waals surface area contributed by atoms with Crippen molar-refractivity contribution in [3.63, 3.8) is 0 Å². The number of carboxylic acid groups (broad SMARTS) is 1. The molecule has 0 fully saturated rings. The quantitative estimate of drug-likeness (QED) is 0.659. The average Bonchev–Trinajstić information content (AvgIpc) is 2.50. The summed E-state index contributed by atoms with van der Waals surface area (Å²) in [7, 11) is 1.78. The molecule has 17 heavy (non-hydrogen) atoms. The molecule has 1 aromatic heterocycles. The van der Waals surface area contributed by atoms with E-state index in [2.05, 4.69) is 0 Å². The van der Waals surface area contributed by atoms with Gasteiger partial charge in [0.1, 0.15) is 0 Å². The third kappa shape index (κ3) is 1.70. The zero-order valence-corrected chi connectivity index (χ0v) is 10.1. The van der Waals surface area contributed by atoms with Crippen LogP contribution < -0.4 is 0 Å². The van der Waals surface area contributed by atoms with Crippen LogP contribution in [0.4, 0.5) is 0 Å². The SMILES string of the molecule is Cc1c(C(=O)C(=O)O)c2cc(Cl)ccc2n1C. The van der Waals surface area contributed by atoms with Crippen LogP contribution in [0.15, 0.2) is 18.2 Å². The number of ketones is 1. The molecule has 88 valence electrons. The molecule has 0 aliphatic heterocycles. The van der Waals surface area contributed by atoms with Gasteiger partial charge in [-0.3, -0.25) is 4.79 Å². The van der Waals surface area contributed by atoms with Crippen molar-refractivity contribution in [3.05, 3.63) is 34.5 Å². The van der Waals surface area contributed by atoms with E-state index < -0.39 is 11.8 Å². The Morgan fingerprint density at radius 3 is 2.59 bits per heavy atom. The van der Waals surface area contributed by atoms with Gasteiger partial charge in [0.15, 0.2) is 0 Å². The molecule has 2 aromatic rings. The number of fused-ring (bicyclic) bond motifs is 1. The van der Waals surface area contributed by atoms with Crippen LogP contribution in [0.2, 0.25) is 5.02 Å². The average molecular weight is 252 g/mol. The zero-order valence-electron chi connectivity index (χ0n) is 9.32. The molecule has 0 unspecified atom stereocenters. The summed E-state index contributed by atoms with van der Waals surface area (Å²) >= 11 is 5.87. The number of hydrogen-bond donors (Lipinski definition) is 1. The molecule has 0 saturated heterocycles. The molecule has 0 amide bonds. The normalized spacial score (nSPS) is 10.8. The number of aliphatic carboxylic acids is 1. The lowest BCUT2D eigenvalue weighted by Gasteiger charge is -1.98. The lowest BCUT2D eigenvalue weighted by atomic mass is 10.1. The van der Waals surface area contributed by atoms with Crippen molar-refractivity contribution >= 4 is 34.3 Å². The first-order valence-corrected chi connectivity index (χ1v) is 5.33. The van der Waals surface area contributed by atoms with Gasteiger partial charge < -0.3 is 9.67 Å². The summed E-state index contributed by atoms with van der Waals surface area (Å²) in [5.41, 5.74) is 1.61. The highest BCUT2D eigenvalue weighted by Gasteiger charge is 2.23. The van der Waals surface area contributed by atoms with Gasteiger partial charge in [-0.05, 0) is 25.1 Å². The minimum atomic E-state index is -1.46. The van der Waals surface area contributed by atoms with Crippen LogP contribution in [-0.2, 0) is 11.8 Å². The Morgan fingerprint density at radius 2 is 2.00 bits per heavy atom. The van der Waals surface area contributed by atoms with Gasteiger partial charge in [0.2, 0.25) is 0 Å². The van der Waals surface area contributed by atoms with E-state index in [9.17, 15) is 9.59 Å². The largest absolute Gasteiger partial charge is 0.475 e. The molecular weight excluding hydrogens is 242 g/mol. The molecular formula is C12H10ClNO3. The molecule has 2 rings (SSSR count). The Labute approximate surface area is 102 Å². The topological polar surface area (TPSA) is 59.3 Å². The molecule has 1 heterocycles. The van der Waals surface area contributed by atoms with Gasteiger partial charge in [-0.1, -0.05) is 11.6 Å². The minimum absolute atomic E-state index is 0.206. The molecule has 0 aliphatic carbocycles. The maximum atomic E-state index is 11.6. The van der Waals surface area contributed by atoms with Crippen molar-refractivity contribution in [2.45, 2.75) is 6.92 Å².